The highest BCUT2D eigenvalue weighted by Crippen LogP contribution is 1.92. The first-order chi connectivity index (χ1) is 6.09. The first-order valence-electron chi connectivity index (χ1n) is 4.48. The van der Waals surface area contributed by atoms with Gasteiger partial charge in [-0.2, -0.15) is 4.73 Å². The quantitative estimate of drug-likeness (QED) is 0.689. The summed E-state index contributed by atoms with van der Waals surface area (Å²) in [4.78, 5) is 4.28. The van der Waals surface area contributed by atoms with E-state index in [0.29, 0.717) is 11.4 Å². The van der Waals surface area contributed by atoms with Crippen molar-refractivity contribution < 1.29 is 5.21 Å². The van der Waals surface area contributed by atoms with Crippen molar-refractivity contribution in [2.24, 2.45) is 10.9 Å². The van der Waals surface area contributed by atoms with E-state index in [4.69, 9.17) is 0 Å². The van der Waals surface area contributed by atoms with Gasteiger partial charge in [-0.05, 0) is 30.5 Å². The lowest BCUT2D eigenvalue weighted by atomic mass is 10.2. The summed E-state index contributed by atoms with van der Waals surface area (Å²) in [6.45, 7) is 6.92. The van der Waals surface area contributed by atoms with E-state index in [1.165, 1.54) is 0 Å². The highest BCUT2D eigenvalue weighted by Gasteiger charge is 1.92. The Morgan fingerprint density at radius 3 is 2.85 bits per heavy atom. The van der Waals surface area contributed by atoms with Gasteiger partial charge in [0.2, 0.25) is 0 Å². The average Bonchev–Trinajstić information content (AvgIpc) is 2.06. The van der Waals surface area contributed by atoms with Crippen LogP contribution >= 0.6 is 0 Å². The SMILES string of the molecule is Cc1ccn(O)c(=NCC(C)C)c1. The summed E-state index contributed by atoms with van der Waals surface area (Å²) < 4.78 is 1.05. The molecule has 0 aliphatic carbocycles. The molecule has 0 radical (unpaired) electrons. The van der Waals surface area contributed by atoms with E-state index in [1.54, 1.807) is 6.20 Å². The molecule has 0 bridgehead atoms. The smallest absolute Gasteiger partial charge is 0.163 e. The van der Waals surface area contributed by atoms with Crippen molar-refractivity contribution in [3.05, 3.63) is 29.4 Å². The van der Waals surface area contributed by atoms with Crippen molar-refractivity contribution >= 4 is 0 Å². The first-order valence-corrected chi connectivity index (χ1v) is 4.48. The van der Waals surface area contributed by atoms with Gasteiger partial charge in [0.05, 0.1) is 0 Å². The minimum absolute atomic E-state index is 0.514. The molecule has 1 aromatic rings. The van der Waals surface area contributed by atoms with Gasteiger partial charge in [0, 0.05) is 12.7 Å². The Morgan fingerprint density at radius 2 is 2.23 bits per heavy atom. The average molecular weight is 180 g/mol. The Morgan fingerprint density at radius 1 is 1.54 bits per heavy atom. The largest absolute Gasteiger partial charge is 0.427 e. The minimum atomic E-state index is 0.514. The van der Waals surface area contributed by atoms with Gasteiger partial charge < -0.3 is 5.21 Å². The Labute approximate surface area is 78.3 Å². The van der Waals surface area contributed by atoms with E-state index < -0.39 is 0 Å². The van der Waals surface area contributed by atoms with Crippen LogP contribution in [-0.2, 0) is 0 Å². The van der Waals surface area contributed by atoms with E-state index in [1.807, 2.05) is 19.1 Å². The Kier molecular flexibility index (Phi) is 3.12. The normalized spacial score (nSPS) is 12.5. The Hall–Kier alpha value is -1.25. The van der Waals surface area contributed by atoms with Crippen molar-refractivity contribution in [2.75, 3.05) is 6.54 Å². The molecule has 1 N–H and O–H groups in total. The van der Waals surface area contributed by atoms with Gasteiger partial charge in [-0.1, -0.05) is 13.8 Å². The number of rotatable bonds is 2. The molecule has 0 fully saturated rings. The lowest BCUT2D eigenvalue weighted by Gasteiger charge is -2.01. The standard InChI is InChI=1S/C10H16N2O/c1-8(2)7-11-10-6-9(3)4-5-12(10)13/h4-6,8,13H,7H2,1-3H3. The van der Waals surface area contributed by atoms with Crippen LogP contribution in [-0.4, -0.2) is 16.5 Å². The molecule has 3 nitrogen and oxygen atoms in total. The van der Waals surface area contributed by atoms with Crippen molar-refractivity contribution in [2.45, 2.75) is 20.8 Å². The van der Waals surface area contributed by atoms with Crippen LogP contribution in [0, 0.1) is 12.8 Å². The Balaban J connectivity index is 2.98. The van der Waals surface area contributed by atoms with Gasteiger partial charge in [0.15, 0.2) is 5.49 Å². The molecule has 0 spiro atoms. The Bertz CT molecular complexity index is 339. The summed E-state index contributed by atoms with van der Waals surface area (Å²) in [5.41, 5.74) is 1.72. The number of aryl methyl sites for hydroxylation is 1. The molecule has 0 aliphatic heterocycles. The first kappa shape index (κ1) is 9.84. The second-order valence-electron chi connectivity index (χ2n) is 3.64. The second kappa shape index (κ2) is 4.12. The number of pyridine rings is 1. The van der Waals surface area contributed by atoms with Crippen LogP contribution in [0.1, 0.15) is 19.4 Å². The van der Waals surface area contributed by atoms with Crippen LogP contribution in [0.25, 0.3) is 0 Å². The topological polar surface area (TPSA) is 37.5 Å². The van der Waals surface area contributed by atoms with Crippen LogP contribution in [0.5, 0.6) is 0 Å². The highest BCUT2D eigenvalue weighted by molar-refractivity contribution is 5.06. The molecular formula is C10H16N2O. The third-order valence-corrected chi connectivity index (χ3v) is 1.69. The lowest BCUT2D eigenvalue weighted by molar-refractivity contribution is 0.171. The van der Waals surface area contributed by atoms with E-state index in [-0.39, 0.29) is 0 Å². The fourth-order valence-corrected chi connectivity index (χ4v) is 0.977. The van der Waals surface area contributed by atoms with Crippen LogP contribution in [0.15, 0.2) is 23.3 Å². The van der Waals surface area contributed by atoms with E-state index in [2.05, 4.69) is 18.8 Å². The maximum Gasteiger partial charge on any atom is 0.163 e. The van der Waals surface area contributed by atoms with Crippen molar-refractivity contribution in [1.82, 2.24) is 4.73 Å². The van der Waals surface area contributed by atoms with Crippen LogP contribution in [0.4, 0.5) is 0 Å². The summed E-state index contributed by atoms with van der Waals surface area (Å²) >= 11 is 0. The van der Waals surface area contributed by atoms with E-state index in [0.717, 1.165) is 16.8 Å². The third-order valence-electron chi connectivity index (χ3n) is 1.69. The molecule has 3 heteroatoms. The fourth-order valence-electron chi connectivity index (χ4n) is 0.977. The number of aromatic nitrogens is 1. The van der Waals surface area contributed by atoms with E-state index >= 15 is 0 Å². The monoisotopic (exact) mass is 180 g/mol. The molecule has 0 atom stereocenters. The summed E-state index contributed by atoms with van der Waals surface area (Å²) in [6.07, 6.45) is 1.61. The van der Waals surface area contributed by atoms with E-state index in [9.17, 15) is 5.21 Å². The van der Waals surface area contributed by atoms with Gasteiger partial charge in [-0.15, -0.1) is 0 Å². The molecule has 1 aromatic heterocycles. The summed E-state index contributed by atoms with van der Waals surface area (Å²) in [6, 6.07) is 3.71. The summed E-state index contributed by atoms with van der Waals surface area (Å²) in [7, 11) is 0. The number of hydrogen-bond donors (Lipinski definition) is 1. The molecule has 1 rings (SSSR count). The maximum absolute atomic E-state index is 9.37. The molecule has 0 unspecified atom stereocenters. The maximum atomic E-state index is 9.37. The number of nitrogens with zero attached hydrogens (tertiary/aromatic N) is 2. The molecule has 0 aliphatic rings. The molecule has 0 aromatic carbocycles. The zero-order valence-electron chi connectivity index (χ0n) is 8.36. The van der Waals surface area contributed by atoms with Gasteiger partial charge in [0.1, 0.15) is 0 Å². The zero-order chi connectivity index (χ0) is 9.84. The second-order valence-corrected chi connectivity index (χ2v) is 3.64. The minimum Gasteiger partial charge on any atom is -0.427 e. The van der Waals surface area contributed by atoms with Crippen LogP contribution in [0.2, 0.25) is 0 Å². The molecular weight excluding hydrogens is 164 g/mol. The molecule has 0 saturated carbocycles. The fraction of sp³-hybridized carbons (Fsp3) is 0.500. The summed E-state index contributed by atoms with van der Waals surface area (Å²) in [5, 5.41) is 9.37. The van der Waals surface area contributed by atoms with Gasteiger partial charge in [0.25, 0.3) is 0 Å². The predicted octanol–water partition coefficient (Wildman–Crippen LogP) is 1.59. The van der Waals surface area contributed by atoms with Crippen molar-refractivity contribution in [3.63, 3.8) is 0 Å². The van der Waals surface area contributed by atoms with Gasteiger partial charge >= 0.3 is 0 Å². The summed E-state index contributed by atoms with van der Waals surface area (Å²) in [5.74, 6) is 0.514. The van der Waals surface area contributed by atoms with Crippen LogP contribution in [0.3, 0.4) is 0 Å². The molecule has 0 amide bonds. The lowest BCUT2D eigenvalue weighted by Crippen LogP contribution is -2.19. The van der Waals surface area contributed by atoms with Gasteiger partial charge in [-0.25, -0.2) is 0 Å². The molecule has 72 valence electrons. The highest BCUT2D eigenvalue weighted by atomic mass is 16.5. The number of hydrogen-bond acceptors (Lipinski definition) is 2. The molecule has 0 saturated heterocycles. The van der Waals surface area contributed by atoms with Crippen molar-refractivity contribution in [1.29, 1.82) is 0 Å². The molecule has 13 heavy (non-hydrogen) atoms. The predicted molar refractivity (Wildman–Crippen MR) is 51.6 cm³/mol. The molecule has 1 heterocycles. The van der Waals surface area contributed by atoms with Gasteiger partial charge in [-0.3, -0.25) is 4.99 Å². The zero-order valence-corrected chi connectivity index (χ0v) is 8.36. The van der Waals surface area contributed by atoms with Crippen LogP contribution < -0.4 is 5.49 Å². The van der Waals surface area contributed by atoms with Crippen molar-refractivity contribution in [3.8, 4) is 0 Å². The third kappa shape index (κ3) is 2.93.